The molecule has 0 spiro atoms. The number of hydrogen-bond donors (Lipinski definition) is 5. The van der Waals surface area contributed by atoms with Crippen molar-refractivity contribution in [3.05, 3.63) is 35.9 Å². The van der Waals surface area contributed by atoms with Crippen molar-refractivity contribution in [2.24, 2.45) is 0 Å². The molecule has 7 heteroatoms. The first-order chi connectivity index (χ1) is 10.5. The number of rotatable bonds is 5. The number of ether oxygens (including phenoxy) is 2. The number of hydrogen-bond acceptors (Lipinski definition) is 7. The van der Waals surface area contributed by atoms with Crippen LogP contribution in [0, 0.1) is 0 Å². The van der Waals surface area contributed by atoms with Crippen molar-refractivity contribution < 1.29 is 35.0 Å². The second-order valence-electron chi connectivity index (χ2n) is 5.39. The summed E-state index contributed by atoms with van der Waals surface area (Å²) < 4.78 is 10.7. The Morgan fingerprint density at radius 3 is 2.32 bits per heavy atom. The third kappa shape index (κ3) is 3.64. The van der Waals surface area contributed by atoms with E-state index in [0.717, 1.165) is 0 Å². The Balaban J connectivity index is 2.02. The van der Waals surface area contributed by atoms with Gasteiger partial charge in [0.05, 0.1) is 12.7 Å². The van der Waals surface area contributed by atoms with E-state index in [1.165, 1.54) is 0 Å². The van der Waals surface area contributed by atoms with Gasteiger partial charge in [-0.25, -0.2) is 0 Å². The first kappa shape index (κ1) is 17.3. The van der Waals surface area contributed by atoms with Gasteiger partial charge in [-0.1, -0.05) is 30.3 Å². The molecule has 0 unspecified atom stereocenters. The summed E-state index contributed by atoms with van der Waals surface area (Å²) in [6.07, 6.45) is -8.40. The smallest absolute Gasteiger partial charge is 0.187 e. The summed E-state index contributed by atoms with van der Waals surface area (Å²) in [6, 6.07) is 8.84. The highest BCUT2D eigenvalue weighted by Crippen LogP contribution is 2.26. The predicted molar refractivity (Wildman–Crippen MR) is 75.7 cm³/mol. The van der Waals surface area contributed by atoms with E-state index in [1.54, 1.807) is 31.2 Å². The Morgan fingerprint density at radius 2 is 1.73 bits per heavy atom. The SMILES string of the molecule is C[C@H](O[C@@H]1O[C@H](CO)[C@@H](O)[C@H](O)[C@H]1O)[C@@H](O)c1ccccc1. The van der Waals surface area contributed by atoms with Gasteiger partial charge in [-0.3, -0.25) is 0 Å². The number of aliphatic hydroxyl groups excluding tert-OH is 5. The molecule has 1 heterocycles. The van der Waals surface area contributed by atoms with Crippen molar-refractivity contribution in [2.45, 2.75) is 49.8 Å². The van der Waals surface area contributed by atoms with Crippen LogP contribution in [0.15, 0.2) is 30.3 Å². The van der Waals surface area contributed by atoms with Gasteiger partial charge in [-0.2, -0.15) is 0 Å². The van der Waals surface area contributed by atoms with Crippen molar-refractivity contribution in [3.8, 4) is 0 Å². The maximum absolute atomic E-state index is 10.2. The minimum Gasteiger partial charge on any atom is -0.394 e. The van der Waals surface area contributed by atoms with Crippen LogP contribution in [0.1, 0.15) is 18.6 Å². The van der Waals surface area contributed by atoms with Crippen molar-refractivity contribution >= 4 is 0 Å². The molecule has 0 amide bonds. The van der Waals surface area contributed by atoms with E-state index in [-0.39, 0.29) is 0 Å². The maximum Gasteiger partial charge on any atom is 0.187 e. The largest absolute Gasteiger partial charge is 0.394 e. The first-order valence-electron chi connectivity index (χ1n) is 7.14. The van der Waals surface area contributed by atoms with E-state index < -0.39 is 49.5 Å². The highest BCUT2D eigenvalue weighted by atomic mass is 16.7. The maximum atomic E-state index is 10.2. The molecule has 1 saturated heterocycles. The average Bonchev–Trinajstić information content (AvgIpc) is 2.55. The second-order valence-corrected chi connectivity index (χ2v) is 5.39. The molecule has 1 aromatic rings. The van der Waals surface area contributed by atoms with Crippen LogP contribution in [-0.4, -0.2) is 68.9 Å². The fourth-order valence-corrected chi connectivity index (χ4v) is 2.39. The van der Waals surface area contributed by atoms with Gasteiger partial charge in [0.1, 0.15) is 30.5 Å². The van der Waals surface area contributed by atoms with E-state index in [1.807, 2.05) is 6.07 Å². The van der Waals surface area contributed by atoms with Crippen molar-refractivity contribution in [3.63, 3.8) is 0 Å². The topological polar surface area (TPSA) is 120 Å². The molecule has 124 valence electrons. The third-order valence-electron chi connectivity index (χ3n) is 3.78. The molecule has 7 atom stereocenters. The zero-order chi connectivity index (χ0) is 16.3. The second kappa shape index (κ2) is 7.47. The van der Waals surface area contributed by atoms with Crippen LogP contribution in [0.4, 0.5) is 0 Å². The predicted octanol–water partition coefficient (Wildman–Crippen LogP) is -1.07. The minimum atomic E-state index is -1.50. The fourth-order valence-electron chi connectivity index (χ4n) is 2.39. The van der Waals surface area contributed by atoms with Crippen molar-refractivity contribution in [1.82, 2.24) is 0 Å². The molecular formula is C15H22O7. The van der Waals surface area contributed by atoms with Crippen LogP contribution in [0.5, 0.6) is 0 Å². The van der Waals surface area contributed by atoms with Crippen molar-refractivity contribution in [1.29, 1.82) is 0 Å². The number of aliphatic hydroxyl groups is 5. The Labute approximate surface area is 128 Å². The molecule has 0 aromatic heterocycles. The van der Waals surface area contributed by atoms with Crippen LogP contribution in [-0.2, 0) is 9.47 Å². The van der Waals surface area contributed by atoms with Crippen LogP contribution >= 0.6 is 0 Å². The standard InChI is InChI=1S/C15H22O7/c1-8(11(17)9-5-3-2-4-6-9)21-15-14(20)13(19)12(18)10(7-16)22-15/h2-6,8,10-20H,7H2,1H3/t8-,10+,11+,12+,13-,14+,15+/m0/s1. The molecule has 1 fully saturated rings. The molecule has 1 aliphatic rings. The summed E-state index contributed by atoms with van der Waals surface area (Å²) in [6.45, 7) is 1.07. The first-order valence-corrected chi connectivity index (χ1v) is 7.14. The van der Waals surface area contributed by atoms with Gasteiger partial charge < -0.3 is 35.0 Å². The summed E-state index contributed by atoms with van der Waals surface area (Å²) in [5.74, 6) is 0. The molecule has 0 radical (unpaired) electrons. The summed E-state index contributed by atoms with van der Waals surface area (Å²) in [5, 5.41) is 48.6. The quantitative estimate of drug-likeness (QED) is 0.469. The molecule has 7 nitrogen and oxygen atoms in total. The molecule has 0 bridgehead atoms. The van der Waals surface area contributed by atoms with E-state index in [4.69, 9.17) is 14.6 Å². The van der Waals surface area contributed by atoms with Crippen molar-refractivity contribution in [2.75, 3.05) is 6.61 Å². The van der Waals surface area contributed by atoms with Gasteiger partial charge in [0.25, 0.3) is 0 Å². The summed E-state index contributed by atoms with van der Waals surface area (Å²) >= 11 is 0. The highest BCUT2D eigenvalue weighted by Gasteiger charge is 2.44. The van der Waals surface area contributed by atoms with Gasteiger partial charge in [0, 0.05) is 0 Å². The van der Waals surface area contributed by atoms with E-state index in [9.17, 15) is 20.4 Å². The molecule has 0 aliphatic carbocycles. The zero-order valence-corrected chi connectivity index (χ0v) is 12.2. The van der Waals surface area contributed by atoms with Crippen LogP contribution < -0.4 is 0 Å². The third-order valence-corrected chi connectivity index (χ3v) is 3.78. The highest BCUT2D eigenvalue weighted by molar-refractivity contribution is 5.18. The zero-order valence-electron chi connectivity index (χ0n) is 12.2. The van der Waals surface area contributed by atoms with Gasteiger partial charge in [-0.15, -0.1) is 0 Å². The molecule has 22 heavy (non-hydrogen) atoms. The molecule has 2 rings (SSSR count). The molecule has 0 saturated carbocycles. The van der Waals surface area contributed by atoms with E-state index in [0.29, 0.717) is 5.56 Å². The Kier molecular flexibility index (Phi) is 5.87. The van der Waals surface area contributed by atoms with Gasteiger partial charge >= 0.3 is 0 Å². The normalized spacial score (nSPS) is 35.1. The van der Waals surface area contributed by atoms with Gasteiger partial charge in [0.15, 0.2) is 6.29 Å². The van der Waals surface area contributed by atoms with E-state index in [2.05, 4.69) is 0 Å². The van der Waals surface area contributed by atoms with Crippen LogP contribution in [0.2, 0.25) is 0 Å². The lowest BCUT2D eigenvalue weighted by Crippen LogP contribution is -2.59. The Hall–Kier alpha value is -1.06. The lowest BCUT2D eigenvalue weighted by Gasteiger charge is -2.41. The van der Waals surface area contributed by atoms with Gasteiger partial charge in [0.2, 0.25) is 0 Å². The molecular weight excluding hydrogens is 292 g/mol. The summed E-state index contributed by atoms with van der Waals surface area (Å²) in [5.41, 5.74) is 0.639. The van der Waals surface area contributed by atoms with Gasteiger partial charge in [-0.05, 0) is 12.5 Å². The molecule has 1 aromatic carbocycles. The summed E-state index contributed by atoms with van der Waals surface area (Å²) in [7, 11) is 0. The Morgan fingerprint density at radius 1 is 1.09 bits per heavy atom. The van der Waals surface area contributed by atoms with E-state index >= 15 is 0 Å². The monoisotopic (exact) mass is 314 g/mol. The Bertz CT molecular complexity index is 452. The average molecular weight is 314 g/mol. The fraction of sp³-hybridized carbons (Fsp3) is 0.600. The lowest BCUT2D eigenvalue weighted by molar-refractivity contribution is -0.315. The minimum absolute atomic E-state index is 0.527. The van der Waals surface area contributed by atoms with Crippen LogP contribution in [0.25, 0.3) is 0 Å². The number of benzene rings is 1. The molecule has 5 N–H and O–H groups in total. The summed E-state index contributed by atoms with van der Waals surface area (Å²) in [4.78, 5) is 0. The van der Waals surface area contributed by atoms with Crippen LogP contribution in [0.3, 0.4) is 0 Å². The lowest BCUT2D eigenvalue weighted by atomic mass is 9.99. The molecule has 1 aliphatic heterocycles.